The highest BCUT2D eigenvalue weighted by atomic mass is 32.2. The molecule has 2 fully saturated rings. The summed E-state index contributed by atoms with van der Waals surface area (Å²) in [5.41, 5.74) is 5.67. The van der Waals surface area contributed by atoms with Crippen LogP contribution in [0.3, 0.4) is 0 Å². The molecule has 2 aliphatic rings. The number of nitrogens with one attached hydrogen (secondary N) is 1. The van der Waals surface area contributed by atoms with Crippen LogP contribution >= 0.6 is 11.8 Å². The standard InChI is InChI=1S/C25H27N5O2S/c1-18-8-10-19(11-9-18)16-22-24(32)30(20-6-4-3-5-7-20)25(33-22)21(17-26)23(31)27-29-14-12-28(2)13-15-29/h3-11,22H,12-16H2,1-2H3,(H,27,31). The first-order chi connectivity index (χ1) is 16.0. The molecule has 0 radical (unpaired) electrons. The Kier molecular flexibility index (Phi) is 7.14. The third-order valence-corrected chi connectivity index (χ3v) is 7.09. The number of hydrogen-bond acceptors (Lipinski definition) is 6. The zero-order valence-electron chi connectivity index (χ0n) is 18.8. The predicted molar refractivity (Wildman–Crippen MR) is 130 cm³/mol. The molecule has 33 heavy (non-hydrogen) atoms. The Morgan fingerprint density at radius 1 is 1.09 bits per heavy atom. The summed E-state index contributed by atoms with van der Waals surface area (Å²) in [6, 6.07) is 19.3. The van der Waals surface area contributed by atoms with Crippen molar-refractivity contribution < 1.29 is 9.59 Å². The van der Waals surface area contributed by atoms with E-state index >= 15 is 0 Å². The molecule has 0 bridgehead atoms. The molecule has 170 valence electrons. The van der Waals surface area contributed by atoms with Crippen LogP contribution in [0.5, 0.6) is 0 Å². The summed E-state index contributed by atoms with van der Waals surface area (Å²) in [5.74, 6) is -0.601. The second-order valence-corrected chi connectivity index (χ2v) is 9.52. The summed E-state index contributed by atoms with van der Waals surface area (Å²) >= 11 is 1.29. The van der Waals surface area contributed by atoms with Gasteiger partial charge in [-0.25, -0.2) is 5.01 Å². The number of benzene rings is 2. The van der Waals surface area contributed by atoms with E-state index in [1.54, 1.807) is 0 Å². The fourth-order valence-electron chi connectivity index (χ4n) is 3.85. The van der Waals surface area contributed by atoms with Crippen LogP contribution in [0.25, 0.3) is 0 Å². The maximum atomic E-state index is 13.5. The van der Waals surface area contributed by atoms with E-state index in [0.717, 1.165) is 24.2 Å². The fourth-order valence-corrected chi connectivity index (χ4v) is 5.16. The number of thioether (sulfide) groups is 1. The number of rotatable bonds is 5. The van der Waals surface area contributed by atoms with Crippen molar-refractivity contribution in [2.45, 2.75) is 18.6 Å². The van der Waals surface area contributed by atoms with Crippen molar-refractivity contribution in [2.75, 3.05) is 38.1 Å². The Hall–Kier alpha value is -3.12. The van der Waals surface area contributed by atoms with Gasteiger partial charge in [0.2, 0.25) is 5.91 Å². The molecule has 7 nitrogen and oxygen atoms in total. The second kappa shape index (κ2) is 10.2. The van der Waals surface area contributed by atoms with Gasteiger partial charge in [0.15, 0.2) is 0 Å². The largest absolute Gasteiger partial charge is 0.304 e. The number of anilines is 1. The Morgan fingerprint density at radius 2 is 1.76 bits per heavy atom. The average Bonchev–Trinajstić information content (AvgIpc) is 3.13. The van der Waals surface area contributed by atoms with Gasteiger partial charge in [-0.1, -0.05) is 59.8 Å². The van der Waals surface area contributed by atoms with E-state index in [9.17, 15) is 14.9 Å². The maximum absolute atomic E-state index is 13.5. The summed E-state index contributed by atoms with van der Waals surface area (Å²) < 4.78 is 0. The summed E-state index contributed by atoms with van der Waals surface area (Å²) in [4.78, 5) is 30.3. The molecule has 2 saturated heterocycles. The number of carbonyl (C=O) groups excluding carboxylic acids is 2. The number of piperazine rings is 1. The topological polar surface area (TPSA) is 79.7 Å². The number of nitrogens with zero attached hydrogens (tertiary/aromatic N) is 4. The van der Waals surface area contributed by atoms with E-state index in [1.807, 2.05) is 73.6 Å². The lowest BCUT2D eigenvalue weighted by Gasteiger charge is -2.32. The monoisotopic (exact) mass is 461 g/mol. The number of para-hydroxylation sites is 1. The molecule has 8 heteroatoms. The quantitative estimate of drug-likeness (QED) is 0.545. The first-order valence-corrected chi connectivity index (χ1v) is 11.8. The van der Waals surface area contributed by atoms with Crippen molar-refractivity contribution in [1.29, 1.82) is 5.26 Å². The third kappa shape index (κ3) is 5.28. The molecule has 0 saturated carbocycles. The van der Waals surface area contributed by atoms with Crippen LogP contribution in [0.1, 0.15) is 11.1 Å². The van der Waals surface area contributed by atoms with Crippen LogP contribution in [0.4, 0.5) is 5.69 Å². The van der Waals surface area contributed by atoms with Gasteiger partial charge in [-0.2, -0.15) is 5.26 Å². The molecule has 1 unspecified atom stereocenters. The van der Waals surface area contributed by atoms with Crippen molar-refractivity contribution in [3.8, 4) is 6.07 Å². The molecule has 4 rings (SSSR count). The van der Waals surface area contributed by atoms with Crippen molar-refractivity contribution >= 4 is 29.3 Å². The minimum Gasteiger partial charge on any atom is -0.304 e. The molecule has 1 atom stereocenters. The lowest BCUT2D eigenvalue weighted by molar-refractivity contribution is -0.122. The normalized spacial score (nSPS) is 21.1. The Bertz CT molecular complexity index is 1090. The molecule has 0 spiro atoms. The summed E-state index contributed by atoms with van der Waals surface area (Å²) in [7, 11) is 2.04. The SMILES string of the molecule is Cc1ccc(CC2SC(=C(C#N)C(=O)NN3CCN(C)CC3)N(c3ccccc3)C2=O)cc1. The minimum atomic E-state index is -0.478. The lowest BCUT2D eigenvalue weighted by atomic mass is 10.1. The van der Waals surface area contributed by atoms with Gasteiger partial charge in [0.25, 0.3) is 5.91 Å². The van der Waals surface area contributed by atoms with Gasteiger partial charge in [0, 0.05) is 31.9 Å². The summed E-state index contributed by atoms with van der Waals surface area (Å²) in [5, 5.41) is 11.7. The van der Waals surface area contributed by atoms with Crippen molar-refractivity contribution in [3.05, 3.63) is 76.3 Å². The van der Waals surface area contributed by atoms with E-state index in [4.69, 9.17) is 0 Å². The number of likely N-dealkylation sites (N-methyl/N-ethyl adjacent to an activating group) is 1. The molecule has 1 N–H and O–H groups in total. The van der Waals surface area contributed by atoms with Gasteiger partial charge in [-0.05, 0) is 38.1 Å². The number of aryl methyl sites for hydroxylation is 1. The van der Waals surface area contributed by atoms with Crippen LogP contribution in [0, 0.1) is 18.3 Å². The highest BCUT2D eigenvalue weighted by Crippen LogP contribution is 2.41. The average molecular weight is 462 g/mol. The van der Waals surface area contributed by atoms with E-state index in [1.165, 1.54) is 16.7 Å². The van der Waals surface area contributed by atoms with E-state index in [0.29, 0.717) is 30.2 Å². The van der Waals surface area contributed by atoms with Gasteiger partial charge < -0.3 is 4.90 Å². The van der Waals surface area contributed by atoms with Crippen LogP contribution in [0.2, 0.25) is 0 Å². The maximum Gasteiger partial charge on any atom is 0.278 e. The van der Waals surface area contributed by atoms with Crippen molar-refractivity contribution in [3.63, 3.8) is 0 Å². The highest BCUT2D eigenvalue weighted by Gasteiger charge is 2.41. The van der Waals surface area contributed by atoms with Crippen molar-refractivity contribution in [2.24, 2.45) is 0 Å². The third-order valence-electron chi connectivity index (χ3n) is 5.82. The smallest absolute Gasteiger partial charge is 0.278 e. The van der Waals surface area contributed by atoms with E-state index < -0.39 is 11.2 Å². The molecule has 0 aliphatic carbocycles. The molecule has 2 heterocycles. The van der Waals surface area contributed by atoms with Gasteiger partial charge in [0.1, 0.15) is 16.7 Å². The van der Waals surface area contributed by atoms with Crippen LogP contribution in [0.15, 0.2) is 65.2 Å². The van der Waals surface area contributed by atoms with Crippen LogP contribution < -0.4 is 10.3 Å². The molecular formula is C25H27N5O2S. The van der Waals surface area contributed by atoms with Gasteiger partial charge in [0.05, 0.1) is 5.25 Å². The van der Waals surface area contributed by atoms with Gasteiger partial charge in [-0.3, -0.25) is 19.9 Å². The number of hydrazine groups is 1. The first kappa shape index (κ1) is 23.1. The number of amides is 2. The Labute approximate surface area is 198 Å². The molecule has 2 aromatic carbocycles. The Morgan fingerprint density at radius 3 is 2.39 bits per heavy atom. The number of nitriles is 1. The zero-order valence-corrected chi connectivity index (χ0v) is 19.6. The molecule has 2 aromatic rings. The van der Waals surface area contributed by atoms with E-state index in [2.05, 4.69) is 16.4 Å². The van der Waals surface area contributed by atoms with Crippen molar-refractivity contribution in [1.82, 2.24) is 15.3 Å². The molecule has 2 aliphatic heterocycles. The molecule has 2 amide bonds. The van der Waals surface area contributed by atoms with Crippen LogP contribution in [-0.2, 0) is 16.0 Å². The Balaban J connectivity index is 1.63. The molecule has 0 aromatic heterocycles. The lowest BCUT2D eigenvalue weighted by Crippen LogP contribution is -2.53. The minimum absolute atomic E-state index is 0.0393. The highest BCUT2D eigenvalue weighted by molar-refractivity contribution is 8.05. The van der Waals surface area contributed by atoms with Gasteiger partial charge >= 0.3 is 0 Å². The first-order valence-electron chi connectivity index (χ1n) is 11.0. The zero-order chi connectivity index (χ0) is 23.4. The second-order valence-electron chi connectivity index (χ2n) is 8.33. The summed E-state index contributed by atoms with van der Waals surface area (Å²) in [6.45, 7) is 5.05. The van der Waals surface area contributed by atoms with E-state index in [-0.39, 0.29) is 11.5 Å². The number of carbonyl (C=O) groups is 2. The molecular weight excluding hydrogens is 434 g/mol. The van der Waals surface area contributed by atoms with Gasteiger partial charge in [-0.15, -0.1) is 0 Å². The fraction of sp³-hybridized carbons (Fsp3) is 0.320. The van der Waals surface area contributed by atoms with Crippen LogP contribution in [-0.4, -0.2) is 60.2 Å². The summed E-state index contributed by atoms with van der Waals surface area (Å²) in [6.07, 6.45) is 0.523. The predicted octanol–water partition coefficient (Wildman–Crippen LogP) is 2.70. The number of hydrogen-bond donors (Lipinski definition) is 1.